The average molecular weight is 280 g/mol. The average Bonchev–Trinajstić information content (AvgIpc) is 3.12. The van der Waals surface area contributed by atoms with Crippen LogP contribution in [0.5, 0.6) is 0 Å². The fourth-order valence-electron chi connectivity index (χ4n) is 2.29. The summed E-state index contributed by atoms with van der Waals surface area (Å²) in [4.78, 5) is 5.44. The Morgan fingerprint density at radius 1 is 1.37 bits per heavy atom. The first-order valence-electron chi connectivity index (χ1n) is 7.49. The normalized spacial score (nSPS) is 17.4. The molecule has 2 nitrogen and oxygen atoms in total. The maximum Gasteiger partial charge on any atom is 0.0302 e. The lowest BCUT2D eigenvalue weighted by Crippen LogP contribution is -2.32. The van der Waals surface area contributed by atoms with Crippen molar-refractivity contribution in [2.24, 2.45) is 5.92 Å². The molecule has 0 spiro atoms. The SMILES string of the molecule is Cc1sc(CNC2CC2)cc1CN(C)C(C)C(C)C. The van der Waals surface area contributed by atoms with E-state index in [4.69, 9.17) is 0 Å². The standard InChI is InChI=1S/C16H28N2S/c1-11(2)12(3)18(5)10-14-8-16(19-13(14)4)9-17-15-6-7-15/h8,11-12,15,17H,6-7,9-10H2,1-5H3. The van der Waals surface area contributed by atoms with E-state index in [9.17, 15) is 0 Å². The van der Waals surface area contributed by atoms with Gasteiger partial charge in [0.1, 0.15) is 0 Å². The van der Waals surface area contributed by atoms with E-state index in [0.29, 0.717) is 12.0 Å². The van der Waals surface area contributed by atoms with E-state index in [1.807, 2.05) is 11.3 Å². The molecule has 1 saturated carbocycles. The van der Waals surface area contributed by atoms with Crippen LogP contribution in [0.2, 0.25) is 0 Å². The summed E-state index contributed by atoms with van der Waals surface area (Å²) in [5, 5.41) is 3.60. The van der Waals surface area contributed by atoms with Gasteiger partial charge in [-0.2, -0.15) is 0 Å². The van der Waals surface area contributed by atoms with Crippen LogP contribution >= 0.6 is 11.3 Å². The van der Waals surface area contributed by atoms with Gasteiger partial charge in [0.05, 0.1) is 0 Å². The molecule has 1 aliphatic carbocycles. The maximum atomic E-state index is 3.60. The number of nitrogens with one attached hydrogen (secondary N) is 1. The van der Waals surface area contributed by atoms with Gasteiger partial charge in [0.2, 0.25) is 0 Å². The van der Waals surface area contributed by atoms with Crippen molar-refractivity contribution in [1.82, 2.24) is 10.2 Å². The Morgan fingerprint density at radius 2 is 2.05 bits per heavy atom. The van der Waals surface area contributed by atoms with Crippen LogP contribution in [0.3, 0.4) is 0 Å². The summed E-state index contributed by atoms with van der Waals surface area (Å²) in [5.41, 5.74) is 1.51. The van der Waals surface area contributed by atoms with E-state index in [1.165, 1.54) is 28.2 Å². The first-order chi connectivity index (χ1) is 8.97. The molecule has 0 aliphatic heterocycles. The summed E-state index contributed by atoms with van der Waals surface area (Å²) in [5.74, 6) is 0.708. The molecule has 1 unspecified atom stereocenters. The molecule has 0 aromatic carbocycles. The van der Waals surface area contributed by atoms with Gasteiger partial charge in [0, 0.05) is 34.9 Å². The zero-order valence-corrected chi connectivity index (χ0v) is 13.8. The number of nitrogens with zero attached hydrogens (tertiary/aromatic N) is 1. The first kappa shape index (κ1) is 15.0. The van der Waals surface area contributed by atoms with Crippen molar-refractivity contribution in [2.75, 3.05) is 7.05 Å². The van der Waals surface area contributed by atoms with Crippen LogP contribution < -0.4 is 5.32 Å². The second-order valence-electron chi connectivity index (χ2n) is 6.35. The molecular weight excluding hydrogens is 252 g/mol. The quantitative estimate of drug-likeness (QED) is 0.817. The zero-order chi connectivity index (χ0) is 14.0. The van der Waals surface area contributed by atoms with Crippen molar-refractivity contribution >= 4 is 11.3 Å². The van der Waals surface area contributed by atoms with Gasteiger partial charge in [-0.05, 0) is 51.3 Å². The molecule has 1 aromatic rings. The van der Waals surface area contributed by atoms with Crippen molar-refractivity contribution in [3.8, 4) is 0 Å². The van der Waals surface area contributed by atoms with E-state index in [2.05, 4.69) is 51.0 Å². The molecule has 1 fully saturated rings. The van der Waals surface area contributed by atoms with Crippen molar-refractivity contribution < 1.29 is 0 Å². The molecule has 0 amide bonds. The third-order valence-corrected chi connectivity index (χ3v) is 5.39. The summed E-state index contributed by atoms with van der Waals surface area (Å²) < 4.78 is 0. The highest BCUT2D eigenvalue weighted by Crippen LogP contribution is 2.25. The minimum absolute atomic E-state index is 0.632. The molecule has 1 aliphatic rings. The van der Waals surface area contributed by atoms with Gasteiger partial charge in [-0.15, -0.1) is 11.3 Å². The fraction of sp³-hybridized carbons (Fsp3) is 0.750. The largest absolute Gasteiger partial charge is 0.309 e. The number of hydrogen-bond donors (Lipinski definition) is 1. The summed E-state index contributed by atoms with van der Waals surface area (Å²) in [7, 11) is 2.24. The van der Waals surface area contributed by atoms with Gasteiger partial charge >= 0.3 is 0 Å². The summed E-state index contributed by atoms with van der Waals surface area (Å²) in [6, 6.07) is 3.83. The Bertz CT molecular complexity index is 407. The smallest absolute Gasteiger partial charge is 0.0302 e. The van der Waals surface area contributed by atoms with Gasteiger partial charge in [-0.1, -0.05) is 13.8 Å². The highest BCUT2D eigenvalue weighted by Gasteiger charge is 2.21. The van der Waals surface area contributed by atoms with Crippen molar-refractivity contribution in [1.29, 1.82) is 0 Å². The Balaban J connectivity index is 1.91. The number of thiophene rings is 1. The van der Waals surface area contributed by atoms with Crippen LogP contribution in [0.25, 0.3) is 0 Å². The molecule has 19 heavy (non-hydrogen) atoms. The fourth-order valence-corrected chi connectivity index (χ4v) is 3.29. The Morgan fingerprint density at radius 3 is 2.63 bits per heavy atom. The van der Waals surface area contributed by atoms with Crippen molar-refractivity contribution in [3.63, 3.8) is 0 Å². The van der Waals surface area contributed by atoms with Crippen LogP contribution in [0.4, 0.5) is 0 Å². The van der Waals surface area contributed by atoms with Gasteiger partial charge in [-0.3, -0.25) is 4.90 Å². The number of aryl methyl sites for hydroxylation is 1. The third-order valence-electron chi connectivity index (χ3n) is 4.29. The molecule has 108 valence electrons. The molecule has 1 aromatic heterocycles. The third kappa shape index (κ3) is 4.30. The van der Waals surface area contributed by atoms with Crippen molar-refractivity contribution in [2.45, 2.75) is 65.7 Å². The van der Waals surface area contributed by atoms with E-state index in [0.717, 1.165) is 19.1 Å². The van der Waals surface area contributed by atoms with Gasteiger partial charge in [-0.25, -0.2) is 0 Å². The van der Waals surface area contributed by atoms with E-state index >= 15 is 0 Å². The van der Waals surface area contributed by atoms with Crippen LogP contribution in [-0.4, -0.2) is 24.0 Å². The van der Waals surface area contributed by atoms with E-state index in [-0.39, 0.29) is 0 Å². The molecule has 2 rings (SSSR count). The lowest BCUT2D eigenvalue weighted by molar-refractivity contribution is 0.200. The topological polar surface area (TPSA) is 15.3 Å². The molecule has 1 N–H and O–H groups in total. The predicted molar refractivity (Wildman–Crippen MR) is 84.7 cm³/mol. The molecule has 0 radical (unpaired) electrons. The minimum atomic E-state index is 0.632. The first-order valence-corrected chi connectivity index (χ1v) is 8.30. The van der Waals surface area contributed by atoms with Crippen molar-refractivity contribution in [3.05, 3.63) is 21.4 Å². The van der Waals surface area contributed by atoms with Crippen LogP contribution in [0.15, 0.2) is 6.07 Å². The molecular formula is C16H28N2S. The van der Waals surface area contributed by atoms with Crippen LogP contribution in [0, 0.1) is 12.8 Å². The molecule has 3 heteroatoms. The number of hydrogen-bond acceptors (Lipinski definition) is 3. The lowest BCUT2D eigenvalue weighted by atomic mass is 10.0. The Hall–Kier alpha value is -0.380. The highest BCUT2D eigenvalue weighted by molar-refractivity contribution is 7.12. The second-order valence-corrected chi connectivity index (χ2v) is 7.69. The Labute approximate surface area is 122 Å². The van der Waals surface area contributed by atoms with Gasteiger partial charge in [0.25, 0.3) is 0 Å². The lowest BCUT2D eigenvalue weighted by Gasteiger charge is -2.27. The van der Waals surface area contributed by atoms with Gasteiger partial charge in [0.15, 0.2) is 0 Å². The zero-order valence-electron chi connectivity index (χ0n) is 13.0. The molecule has 1 atom stereocenters. The monoisotopic (exact) mass is 280 g/mol. The minimum Gasteiger partial charge on any atom is -0.309 e. The summed E-state index contributed by atoms with van der Waals surface area (Å²) in [6.45, 7) is 11.3. The predicted octanol–water partition coefficient (Wildman–Crippen LogP) is 3.78. The molecule has 0 saturated heterocycles. The summed E-state index contributed by atoms with van der Waals surface area (Å²) >= 11 is 1.96. The molecule has 0 bridgehead atoms. The Kier molecular flexibility index (Phi) is 5.04. The van der Waals surface area contributed by atoms with Crippen LogP contribution in [0.1, 0.15) is 48.9 Å². The van der Waals surface area contributed by atoms with E-state index in [1.54, 1.807) is 0 Å². The van der Waals surface area contributed by atoms with E-state index < -0.39 is 0 Å². The molecule has 1 heterocycles. The summed E-state index contributed by atoms with van der Waals surface area (Å²) in [6.07, 6.45) is 2.73. The number of rotatable bonds is 7. The van der Waals surface area contributed by atoms with Gasteiger partial charge < -0.3 is 5.32 Å². The second kappa shape index (κ2) is 6.38. The van der Waals surface area contributed by atoms with Crippen LogP contribution in [-0.2, 0) is 13.1 Å². The maximum absolute atomic E-state index is 3.60. The highest BCUT2D eigenvalue weighted by atomic mass is 32.1.